The molecule has 1 aromatic carbocycles. The minimum absolute atomic E-state index is 0.287. The van der Waals surface area contributed by atoms with Gasteiger partial charge in [-0.3, -0.25) is 15.0 Å². The minimum Gasteiger partial charge on any atom is -0.288 e. The number of nitrogens with zero attached hydrogens (tertiary/aromatic N) is 1. The maximum Gasteiger partial charge on any atom is 0.289 e. The van der Waals surface area contributed by atoms with E-state index in [1.54, 1.807) is 11.7 Å². The molecule has 0 spiro atoms. The number of amides is 1. The molecule has 0 saturated heterocycles. The average Bonchev–Trinajstić information content (AvgIpc) is 2.64. The van der Waals surface area contributed by atoms with Crippen LogP contribution in [0.4, 0.5) is 0 Å². The van der Waals surface area contributed by atoms with Crippen molar-refractivity contribution in [3.8, 4) is 0 Å². The van der Waals surface area contributed by atoms with Gasteiger partial charge in [-0.25, -0.2) is 5.48 Å². The number of aliphatic imine (C=N–C) groups is 1. The second-order valence-electron chi connectivity index (χ2n) is 3.57. The molecule has 1 heterocycles. The van der Waals surface area contributed by atoms with E-state index in [0.717, 1.165) is 11.1 Å². The van der Waals surface area contributed by atoms with Crippen molar-refractivity contribution < 1.29 is 10.0 Å². The van der Waals surface area contributed by atoms with E-state index in [1.165, 1.54) is 0 Å². The molecular formula is C13H12N2O2. The Balaban J connectivity index is 2.29. The molecule has 1 aliphatic rings. The second kappa shape index (κ2) is 5.23. The Kier molecular flexibility index (Phi) is 3.47. The van der Waals surface area contributed by atoms with Gasteiger partial charge in [0.15, 0.2) is 0 Å². The van der Waals surface area contributed by atoms with Crippen molar-refractivity contribution in [2.45, 2.75) is 6.42 Å². The Labute approximate surface area is 99.0 Å². The van der Waals surface area contributed by atoms with Gasteiger partial charge >= 0.3 is 0 Å². The van der Waals surface area contributed by atoms with Crippen LogP contribution < -0.4 is 5.48 Å². The molecule has 4 nitrogen and oxygen atoms in total. The third-order valence-corrected chi connectivity index (χ3v) is 2.44. The van der Waals surface area contributed by atoms with Crippen LogP contribution >= 0.6 is 0 Å². The first-order valence-electron chi connectivity index (χ1n) is 5.24. The fourth-order valence-electron chi connectivity index (χ4n) is 1.56. The normalized spacial score (nSPS) is 14.6. The Morgan fingerprint density at radius 1 is 1.29 bits per heavy atom. The highest BCUT2D eigenvalue weighted by molar-refractivity contribution is 6.39. The lowest BCUT2D eigenvalue weighted by atomic mass is 10.1. The zero-order valence-corrected chi connectivity index (χ0v) is 9.13. The van der Waals surface area contributed by atoms with Crippen LogP contribution in [0.1, 0.15) is 12.0 Å². The number of rotatable bonds is 2. The van der Waals surface area contributed by atoms with E-state index in [0.29, 0.717) is 6.42 Å². The predicted octanol–water partition coefficient (Wildman–Crippen LogP) is 1.93. The molecule has 0 unspecified atom stereocenters. The fourth-order valence-corrected chi connectivity index (χ4v) is 1.56. The third kappa shape index (κ3) is 2.68. The number of allylic oxidation sites excluding steroid dienone is 3. The first kappa shape index (κ1) is 11.3. The SMILES string of the molecule is O=C(NO)C1=NC=C(c2ccccc2)C=CC1. The molecule has 0 radical (unpaired) electrons. The number of hydrogen-bond acceptors (Lipinski definition) is 3. The van der Waals surface area contributed by atoms with Crippen molar-refractivity contribution in [2.24, 2.45) is 4.99 Å². The second-order valence-corrected chi connectivity index (χ2v) is 3.57. The van der Waals surface area contributed by atoms with Crippen LogP contribution in [0.3, 0.4) is 0 Å². The number of benzene rings is 1. The molecule has 17 heavy (non-hydrogen) atoms. The maximum absolute atomic E-state index is 11.2. The van der Waals surface area contributed by atoms with Gasteiger partial charge in [-0.05, 0) is 11.1 Å². The summed E-state index contributed by atoms with van der Waals surface area (Å²) in [5.74, 6) is -0.569. The Bertz CT molecular complexity index is 501. The number of carbonyl (C=O) groups is 1. The largest absolute Gasteiger partial charge is 0.289 e. The molecule has 0 aliphatic carbocycles. The van der Waals surface area contributed by atoms with Gasteiger partial charge in [0.25, 0.3) is 5.91 Å². The molecule has 0 aromatic heterocycles. The molecule has 1 amide bonds. The minimum atomic E-state index is -0.569. The molecule has 0 fully saturated rings. The number of hydrogen-bond donors (Lipinski definition) is 2. The van der Waals surface area contributed by atoms with Crippen molar-refractivity contribution in [3.63, 3.8) is 0 Å². The van der Waals surface area contributed by atoms with Crippen LogP contribution in [0.2, 0.25) is 0 Å². The zero-order valence-electron chi connectivity index (χ0n) is 9.13. The van der Waals surface area contributed by atoms with Crippen molar-refractivity contribution in [1.29, 1.82) is 0 Å². The molecule has 86 valence electrons. The van der Waals surface area contributed by atoms with Crippen molar-refractivity contribution in [2.75, 3.05) is 0 Å². The quantitative estimate of drug-likeness (QED) is 0.600. The average molecular weight is 228 g/mol. The summed E-state index contributed by atoms with van der Waals surface area (Å²) in [6.45, 7) is 0. The molecule has 0 atom stereocenters. The maximum atomic E-state index is 11.2. The van der Waals surface area contributed by atoms with Gasteiger partial charge in [0, 0.05) is 12.6 Å². The summed E-state index contributed by atoms with van der Waals surface area (Å²) >= 11 is 0. The van der Waals surface area contributed by atoms with Gasteiger partial charge in [-0.2, -0.15) is 0 Å². The van der Waals surface area contributed by atoms with Gasteiger partial charge in [0.2, 0.25) is 0 Å². The highest BCUT2D eigenvalue weighted by atomic mass is 16.5. The van der Waals surface area contributed by atoms with E-state index in [2.05, 4.69) is 4.99 Å². The third-order valence-electron chi connectivity index (χ3n) is 2.44. The molecule has 1 aromatic rings. The van der Waals surface area contributed by atoms with Crippen molar-refractivity contribution >= 4 is 17.2 Å². The van der Waals surface area contributed by atoms with Gasteiger partial charge in [-0.15, -0.1) is 0 Å². The summed E-state index contributed by atoms with van der Waals surface area (Å²) in [6.07, 6.45) is 5.79. The Hall–Kier alpha value is -2.20. The van der Waals surface area contributed by atoms with E-state index < -0.39 is 5.91 Å². The summed E-state index contributed by atoms with van der Waals surface area (Å²) < 4.78 is 0. The summed E-state index contributed by atoms with van der Waals surface area (Å²) in [5.41, 5.74) is 3.85. The Morgan fingerprint density at radius 2 is 2.06 bits per heavy atom. The highest BCUT2D eigenvalue weighted by Gasteiger charge is 2.10. The topological polar surface area (TPSA) is 61.7 Å². The molecule has 2 rings (SSSR count). The molecule has 0 saturated carbocycles. The Morgan fingerprint density at radius 3 is 2.76 bits per heavy atom. The molecule has 0 bridgehead atoms. The van der Waals surface area contributed by atoms with E-state index in [9.17, 15) is 4.79 Å². The first-order valence-corrected chi connectivity index (χ1v) is 5.24. The molecule has 1 aliphatic heterocycles. The van der Waals surface area contributed by atoms with E-state index in [1.807, 2.05) is 42.5 Å². The first-order chi connectivity index (χ1) is 8.31. The lowest BCUT2D eigenvalue weighted by Crippen LogP contribution is -2.27. The van der Waals surface area contributed by atoms with Crippen LogP contribution in [-0.4, -0.2) is 16.8 Å². The summed E-state index contributed by atoms with van der Waals surface area (Å²) in [5, 5.41) is 8.54. The number of carbonyl (C=O) groups excluding carboxylic acids is 1. The lowest BCUT2D eigenvalue weighted by Gasteiger charge is -1.99. The van der Waals surface area contributed by atoms with E-state index in [-0.39, 0.29) is 5.71 Å². The smallest absolute Gasteiger partial charge is 0.288 e. The molecular weight excluding hydrogens is 216 g/mol. The van der Waals surface area contributed by atoms with Crippen LogP contribution in [0.15, 0.2) is 53.7 Å². The number of hydroxylamine groups is 1. The van der Waals surface area contributed by atoms with Crippen LogP contribution in [0, 0.1) is 0 Å². The fraction of sp³-hybridized carbons (Fsp3) is 0.0769. The van der Waals surface area contributed by atoms with E-state index in [4.69, 9.17) is 5.21 Å². The van der Waals surface area contributed by atoms with E-state index >= 15 is 0 Å². The van der Waals surface area contributed by atoms with Crippen LogP contribution in [0.5, 0.6) is 0 Å². The van der Waals surface area contributed by atoms with Crippen LogP contribution in [0.25, 0.3) is 5.57 Å². The number of nitrogens with one attached hydrogen (secondary N) is 1. The zero-order chi connectivity index (χ0) is 12.1. The van der Waals surface area contributed by atoms with Gasteiger partial charge in [-0.1, -0.05) is 42.5 Å². The standard InChI is InChI=1S/C13H12N2O2/c16-13(15-17)12-8-4-7-11(9-14-12)10-5-2-1-3-6-10/h1-7,9,17H,8H2,(H,15,16). The highest BCUT2D eigenvalue weighted by Crippen LogP contribution is 2.18. The van der Waals surface area contributed by atoms with Crippen molar-refractivity contribution in [1.82, 2.24) is 5.48 Å². The summed E-state index contributed by atoms with van der Waals surface area (Å²) in [6, 6.07) is 9.78. The summed E-state index contributed by atoms with van der Waals surface area (Å²) in [7, 11) is 0. The molecule has 2 N–H and O–H groups in total. The molecule has 4 heteroatoms. The van der Waals surface area contributed by atoms with Gasteiger partial charge in [0.1, 0.15) is 5.71 Å². The monoisotopic (exact) mass is 228 g/mol. The lowest BCUT2D eigenvalue weighted by molar-refractivity contribution is -0.122. The van der Waals surface area contributed by atoms with Gasteiger partial charge in [0.05, 0.1) is 0 Å². The predicted molar refractivity (Wildman–Crippen MR) is 65.5 cm³/mol. The van der Waals surface area contributed by atoms with Gasteiger partial charge < -0.3 is 0 Å². The summed E-state index contributed by atoms with van der Waals surface area (Å²) in [4.78, 5) is 15.3. The van der Waals surface area contributed by atoms with Crippen molar-refractivity contribution in [3.05, 3.63) is 54.2 Å². The van der Waals surface area contributed by atoms with Crippen LogP contribution in [-0.2, 0) is 4.79 Å².